The molecule has 2 aromatic rings. The van der Waals surface area contributed by atoms with E-state index in [1.165, 1.54) is 29.1 Å². The molecule has 0 radical (unpaired) electrons. The first-order chi connectivity index (χ1) is 13.2. The molecule has 2 aliphatic rings. The molecule has 0 bridgehead atoms. The van der Waals surface area contributed by atoms with Crippen LogP contribution in [0.2, 0.25) is 0 Å². The van der Waals surface area contributed by atoms with E-state index in [2.05, 4.69) is 26.1 Å². The van der Waals surface area contributed by atoms with Crippen LogP contribution in [0.1, 0.15) is 56.4 Å². The fourth-order valence-electron chi connectivity index (χ4n) is 4.78. The van der Waals surface area contributed by atoms with Gasteiger partial charge in [-0.25, -0.2) is 0 Å². The number of amides is 1. The van der Waals surface area contributed by atoms with Crippen molar-refractivity contribution < 1.29 is 4.79 Å². The zero-order chi connectivity index (χ0) is 20.1. The monoisotopic (exact) mass is 416 g/mol. The number of aryl methyl sites for hydroxylation is 1. The molecule has 2 heterocycles. The molecule has 1 aliphatic carbocycles. The third-order valence-electron chi connectivity index (χ3n) is 6.18. The minimum Gasteiger partial charge on any atom is -0.325 e. The van der Waals surface area contributed by atoms with Crippen LogP contribution in [0.3, 0.4) is 0 Å². The average Bonchev–Trinajstić information content (AvgIpc) is 2.90. The van der Waals surface area contributed by atoms with E-state index in [9.17, 15) is 9.59 Å². The van der Waals surface area contributed by atoms with Crippen molar-refractivity contribution in [2.45, 2.75) is 69.2 Å². The van der Waals surface area contributed by atoms with Crippen LogP contribution in [0.15, 0.2) is 34.1 Å². The van der Waals surface area contributed by atoms with Gasteiger partial charge in [-0.1, -0.05) is 50.7 Å². The lowest BCUT2D eigenvalue weighted by Gasteiger charge is -2.47. The average molecular weight is 417 g/mol. The summed E-state index contributed by atoms with van der Waals surface area (Å²) in [5.74, 6) is 1.61. The van der Waals surface area contributed by atoms with Gasteiger partial charge in [0.2, 0.25) is 5.91 Å². The summed E-state index contributed by atoms with van der Waals surface area (Å²) in [6, 6.07) is 7.74. The molecule has 1 aliphatic heterocycles. The van der Waals surface area contributed by atoms with Gasteiger partial charge in [-0.2, -0.15) is 0 Å². The second-order valence-electron chi connectivity index (χ2n) is 8.88. The number of nitrogens with one attached hydrogen (secondary N) is 1. The normalized spacial score (nSPS) is 25.6. The van der Waals surface area contributed by atoms with Crippen LogP contribution in [-0.4, -0.2) is 15.2 Å². The number of aromatic nitrogens is 1. The Morgan fingerprint density at radius 2 is 2.11 bits per heavy atom. The van der Waals surface area contributed by atoms with Crippen molar-refractivity contribution >= 4 is 34.7 Å². The smallest absolute Gasteiger partial charge is 0.308 e. The van der Waals surface area contributed by atoms with Gasteiger partial charge in [0.1, 0.15) is 6.54 Å². The zero-order valence-electron chi connectivity index (χ0n) is 17.0. The first-order valence-corrected chi connectivity index (χ1v) is 11.7. The molecular formula is C22H28N2O2S2. The second kappa shape index (κ2) is 7.38. The predicted molar refractivity (Wildman–Crippen MR) is 118 cm³/mol. The Kier molecular flexibility index (Phi) is 5.21. The van der Waals surface area contributed by atoms with Crippen LogP contribution >= 0.6 is 23.1 Å². The molecule has 150 valence electrons. The highest BCUT2D eigenvalue weighted by Gasteiger charge is 2.47. The molecule has 1 aromatic heterocycles. The molecule has 0 saturated heterocycles. The Labute approximate surface area is 174 Å². The maximum atomic E-state index is 12.8. The van der Waals surface area contributed by atoms with Crippen LogP contribution in [-0.2, 0) is 11.3 Å². The molecule has 1 amide bonds. The van der Waals surface area contributed by atoms with Crippen molar-refractivity contribution in [3.8, 4) is 0 Å². The largest absolute Gasteiger partial charge is 0.325 e. The number of anilines is 1. The molecule has 4 nitrogen and oxygen atoms in total. The molecule has 28 heavy (non-hydrogen) atoms. The Balaban J connectivity index is 1.62. The van der Waals surface area contributed by atoms with E-state index < -0.39 is 0 Å². The lowest BCUT2D eigenvalue weighted by Crippen LogP contribution is -2.39. The molecule has 1 saturated carbocycles. The number of carbonyl (C=O) groups is 1. The van der Waals surface area contributed by atoms with E-state index >= 15 is 0 Å². The lowest BCUT2D eigenvalue weighted by molar-refractivity contribution is -0.116. The van der Waals surface area contributed by atoms with Crippen LogP contribution in [0.4, 0.5) is 5.69 Å². The fourth-order valence-corrected chi connectivity index (χ4v) is 7.59. The minimum absolute atomic E-state index is 0.00781. The quantitative estimate of drug-likeness (QED) is 0.742. The zero-order valence-corrected chi connectivity index (χ0v) is 18.6. The maximum absolute atomic E-state index is 12.8. The summed E-state index contributed by atoms with van der Waals surface area (Å²) in [5.41, 5.74) is 1.87. The third-order valence-corrected chi connectivity index (χ3v) is 8.88. The highest BCUT2D eigenvalue weighted by Crippen LogP contribution is 2.58. The number of carbonyl (C=O) groups excluding carboxylic acids is 1. The summed E-state index contributed by atoms with van der Waals surface area (Å²) in [6.07, 6.45) is 3.65. The van der Waals surface area contributed by atoms with Crippen molar-refractivity contribution in [2.24, 2.45) is 11.8 Å². The molecule has 4 rings (SSSR count). The number of nitrogens with zero attached hydrogens (tertiary/aromatic N) is 1. The number of hydrogen-bond donors (Lipinski definition) is 1. The number of benzene rings is 1. The van der Waals surface area contributed by atoms with Gasteiger partial charge in [0, 0.05) is 21.2 Å². The van der Waals surface area contributed by atoms with Crippen molar-refractivity contribution in [1.82, 2.24) is 4.57 Å². The number of rotatable bonds is 3. The van der Waals surface area contributed by atoms with Gasteiger partial charge in [-0.05, 0) is 49.3 Å². The Morgan fingerprint density at radius 1 is 1.32 bits per heavy atom. The van der Waals surface area contributed by atoms with E-state index in [0.717, 1.165) is 22.7 Å². The molecule has 1 N–H and O–H groups in total. The van der Waals surface area contributed by atoms with Crippen molar-refractivity contribution in [1.29, 1.82) is 0 Å². The lowest BCUT2D eigenvalue weighted by atomic mass is 9.69. The predicted octanol–water partition coefficient (Wildman–Crippen LogP) is 5.26. The molecule has 3 atom stereocenters. The van der Waals surface area contributed by atoms with Crippen LogP contribution < -0.4 is 10.2 Å². The number of fused-ring (bicyclic) bond motifs is 3. The summed E-state index contributed by atoms with van der Waals surface area (Å²) in [7, 11) is 0. The summed E-state index contributed by atoms with van der Waals surface area (Å²) in [5, 5.41) is 3.96. The molecule has 0 unspecified atom stereocenters. The Bertz CT molecular complexity index is 960. The molecular weight excluding hydrogens is 388 g/mol. The number of thiazole rings is 1. The van der Waals surface area contributed by atoms with Gasteiger partial charge in [0.05, 0.1) is 5.03 Å². The van der Waals surface area contributed by atoms with Gasteiger partial charge in [-0.15, -0.1) is 11.8 Å². The number of thioether (sulfide) groups is 1. The highest BCUT2D eigenvalue weighted by atomic mass is 32.2. The van der Waals surface area contributed by atoms with Gasteiger partial charge in [0.25, 0.3) is 0 Å². The topological polar surface area (TPSA) is 51.1 Å². The maximum Gasteiger partial charge on any atom is 0.308 e. The van der Waals surface area contributed by atoms with E-state index in [4.69, 9.17) is 0 Å². The first-order valence-electron chi connectivity index (χ1n) is 10.0. The Morgan fingerprint density at radius 3 is 2.86 bits per heavy atom. The van der Waals surface area contributed by atoms with Gasteiger partial charge < -0.3 is 5.32 Å². The van der Waals surface area contributed by atoms with Crippen molar-refractivity contribution in [2.75, 3.05) is 5.32 Å². The van der Waals surface area contributed by atoms with Gasteiger partial charge in [-0.3, -0.25) is 14.2 Å². The number of hydrogen-bond acceptors (Lipinski definition) is 4. The van der Waals surface area contributed by atoms with Crippen LogP contribution in [0.25, 0.3) is 0 Å². The van der Waals surface area contributed by atoms with Gasteiger partial charge in [0.15, 0.2) is 0 Å². The molecule has 1 fully saturated rings. The second-order valence-corrected chi connectivity index (χ2v) is 11.5. The first kappa shape index (κ1) is 19.8. The van der Waals surface area contributed by atoms with Crippen LogP contribution in [0, 0.1) is 18.8 Å². The fraction of sp³-hybridized carbons (Fsp3) is 0.545. The summed E-state index contributed by atoms with van der Waals surface area (Å²) < 4.78 is 1.78. The standard InChI is InChI=1S/C22H28N2O2S2/c1-13-6-5-7-15(10-13)23-18(25)12-24-20-19(27-21(24)26)16-11-14(2)8-9-17(16)22(3,4)28-20/h5-7,10,14,16-17H,8-9,11-12H2,1-4H3,(H,23,25)/t14-,16+,17+/m1/s1. The van der Waals surface area contributed by atoms with Crippen molar-refractivity contribution in [3.05, 3.63) is 44.4 Å². The highest BCUT2D eigenvalue weighted by molar-refractivity contribution is 8.00. The van der Waals surface area contributed by atoms with Crippen LogP contribution in [0.5, 0.6) is 0 Å². The molecule has 0 spiro atoms. The Hall–Kier alpha value is -1.53. The van der Waals surface area contributed by atoms with Gasteiger partial charge >= 0.3 is 4.87 Å². The van der Waals surface area contributed by atoms with E-state index in [1.54, 1.807) is 16.3 Å². The SMILES string of the molecule is Cc1cccc(NC(=O)Cn2c3c(sc2=O)[C@H]2C[C@H](C)CC[C@@H]2C(C)(C)S3)c1. The summed E-state index contributed by atoms with van der Waals surface area (Å²) in [4.78, 5) is 26.7. The third kappa shape index (κ3) is 3.69. The van der Waals surface area contributed by atoms with E-state index in [1.807, 2.05) is 31.2 Å². The molecule has 6 heteroatoms. The summed E-state index contributed by atoms with van der Waals surface area (Å²) in [6.45, 7) is 8.99. The minimum atomic E-state index is -0.147. The van der Waals surface area contributed by atoms with E-state index in [0.29, 0.717) is 17.8 Å². The summed E-state index contributed by atoms with van der Waals surface area (Å²) >= 11 is 3.16. The van der Waals surface area contributed by atoms with Crippen molar-refractivity contribution in [3.63, 3.8) is 0 Å². The molecule has 1 aromatic carbocycles. The van der Waals surface area contributed by atoms with E-state index in [-0.39, 0.29) is 22.1 Å².